The Bertz CT molecular complexity index is 606. The van der Waals surface area contributed by atoms with Crippen LogP contribution < -0.4 is 14.8 Å². The van der Waals surface area contributed by atoms with Gasteiger partial charge in [0.25, 0.3) is 5.91 Å². The lowest BCUT2D eigenvalue weighted by molar-refractivity contribution is 0.102. The number of anilines is 1. The van der Waals surface area contributed by atoms with Gasteiger partial charge in [0.05, 0.1) is 14.2 Å². The summed E-state index contributed by atoms with van der Waals surface area (Å²) >= 11 is 2.19. The van der Waals surface area contributed by atoms with Gasteiger partial charge in [-0.15, -0.1) is 0 Å². The minimum Gasteiger partial charge on any atom is -0.496 e. The molecular formula is C15H14INO3. The highest BCUT2D eigenvalue weighted by molar-refractivity contribution is 14.1. The summed E-state index contributed by atoms with van der Waals surface area (Å²) in [7, 11) is 3.05. The molecule has 1 N–H and O–H groups in total. The van der Waals surface area contributed by atoms with Gasteiger partial charge in [0, 0.05) is 9.26 Å². The van der Waals surface area contributed by atoms with Crippen LogP contribution in [-0.4, -0.2) is 20.1 Å². The summed E-state index contributed by atoms with van der Waals surface area (Å²) in [5.41, 5.74) is 1.12. The van der Waals surface area contributed by atoms with E-state index in [9.17, 15) is 4.79 Å². The molecule has 20 heavy (non-hydrogen) atoms. The molecule has 0 aliphatic carbocycles. The maximum Gasteiger partial charge on any atom is 0.263 e. The first-order chi connectivity index (χ1) is 9.65. The number of amides is 1. The molecule has 0 unspecified atom stereocenters. The highest BCUT2D eigenvalue weighted by Gasteiger charge is 2.18. The highest BCUT2D eigenvalue weighted by Crippen LogP contribution is 2.29. The SMILES string of the molecule is COc1cccc(OC)c1C(=O)Nc1cccc(I)c1. The molecule has 0 atom stereocenters. The van der Waals surface area contributed by atoms with Crippen molar-refractivity contribution in [2.24, 2.45) is 0 Å². The quantitative estimate of drug-likeness (QED) is 0.822. The maximum absolute atomic E-state index is 12.4. The van der Waals surface area contributed by atoms with Crippen molar-refractivity contribution in [2.45, 2.75) is 0 Å². The number of methoxy groups -OCH3 is 2. The standard InChI is InChI=1S/C15H14INO3/c1-19-12-7-4-8-13(20-2)14(12)15(18)17-11-6-3-5-10(16)9-11/h3-9H,1-2H3,(H,17,18). The lowest BCUT2D eigenvalue weighted by Crippen LogP contribution is -2.14. The van der Waals surface area contributed by atoms with Crippen molar-refractivity contribution in [3.8, 4) is 11.5 Å². The molecule has 5 heteroatoms. The molecular weight excluding hydrogens is 369 g/mol. The Balaban J connectivity index is 2.33. The number of benzene rings is 2. The van der Waals surface area contributed by atoms with Crippen LogP contribution in [0.15, 0.2) is 42.5 Å². The summed E-state index contributed by atoms with van der Waals surface area (Å²) in [5.74, 6) is 0.696. The van der Waals surface area contributed by atoms with Gasteiger partial charge in [0.1, 0.15) is 17.1 Å². The Kier molecular flexibility index (Phi) is 4.84. The topological polar surface area (TPSA) is 47.6 Å². The molecule has 0 saturated heterocycles. The smallest absolute Gasteiger partial charge is 0.263 e. The van der Waals surface area contributed by atoms with Crippen LogP contribution in [0.25, 0.3) is 0 Å². The number of hydrogen-bond donors (Lipinski definition) is 1. The minimum absolute atomic E-state index is 0.263. The van der Waals surface area contributed by atoms with Gasteiger partial charge >= 0.3 is 0 Å². The number of halogens is 1. The molecule has 104 valence electrons. The van der Waals surface area contributed by atoms with Crippen molar-refractivity contribution < 1.29 is 14.3 Å². The Labute approximate surface area is 131 Å². The second kappa shape index (κ2) is 6.60. The zero-order valence-electron chi connectivity index (χ0n) is 11.1. The van der Waals surface area contributed by atoms with Crippen molar-refractivity contribution in [2.75, 3.05) is 19.5 Å². The van der Waals surface area contributed by atoms with Crippen LogP contribution in [0.5, 0.6) is 11.5 Å². The molecule has 0 aliphatic heterocycles. The molecule has 0 radical (unpaired) electrons. The molecule has 2 aromatic carbocycles. The van der Waals surface area contributed by atoms with E-state index in [2.05, 4.69) is 27.9 Å². The maximum atomic E-state index is 12.4. The van der Waals surface area contributed by atoms with E-state index < -0.39 is 0 Å². The van der Waals surface area contributed by atoms with Crippen LogP contribution >= 0.6 is 22.6 Å². The summed E-state index contributed by atoms with van der Waals surface area (Å²) in [5, 5.41) is 2.84. The number of carbonyl (C=O) groups is 1. The van der Waals surface area contributed by atoms with E-state index in [0.717, 1.165) is 9.26 Å². The average molecular weight is 383 g/mol. The van der Waals surface area contributed by atoms with Gasteiger partial charge in [-0.2, -0.15) is 0 Å². The Morgan fingerprint density at radius 3 is 2.20 bits per heavy atom. The van der Waals surface area contributed by atoms with Crippen LogP contribution in [0.4, 0.5) is 5.69 Å². The lowest BCUT2D eigenvalue weighted by Gasteiger charge is -2.13. The zero-order chi connectivity index (χ0) is 14.5. The first kappa shape index (κ1) is 14.6. The van der Waals surface area contributed by atoms with Crippen molar-refractivity contribution in [3.05, 3.63) is 51.6 Å². The highest BCUT2D eigenvalue weighted by atomic mass is 127. The third kappa shape index (κ3) is 3.22. The normalized spacial score (nSPS) is 9.95. The molecule has 0 aliphatic rings. The van der Waals surface area contributed by atoms with Crippen molar-refractivity contribution in [1.29, 1.82) is 0 Å². The van der Waals surface area contributed by atoms with E-state index in [0.29, 0.717) is 17.1 Å². The van der Waals surface area contributed by atoms with Crippen LogP contribution in [0.2, 0.25) is 0 Å². The van der Waals surface area contributed by atoms with Crippen LogP contribution in [0.1, 0.15) is 10.4 Å². The van der Waals surface area contributed by atoms with E-state index in [4.69, 9.17) is 9.47 Å². The summed E-state index contributed by atoms with van der Waals surface area (Å²) in [6, 6.07) is 12.8. The Morgan fingerprint density at radius 2 is 1.65 bits per heavy atom. The lowest BCUT2D eigenvalue weighted by atomic mass is 10.1. The number of ether oxygens (including phenoxy) is 2. The Hall–Kier alpha value is -1.76. The van der Waals surface area contributed by atoms with E-state index in [1.807, 2.05) is 24.3 Å². The van der Waals surface area contributed by atoms with Gasteiger partial charge in [0.15, 0.2) is 0 Å². The molecule has 0 spiro atoms. The largest absolute Gasteiger partial charge is 0.496 e. The first-order valence-electron chi connectivity index (χ1n) is 5.93. The van der Waals surface area contributed by atoms with Gasteiger partial charge in [-0.05, 0) is 52.9 Å². The van der Waals surface area contributed by atoms with E-state index in [1.54, 1.807) is 18.2 Å². The van der Waals surface area contributed by atoms with Crippen molar-refractivity contribution >= 4 is 34.2 Å². The fourth-order valence-electron chi connectivity index (χ4n) is 1.83. The average Bonchev–Trinajstić information content (AvgIpc) is 2.46. The van der Waals surface area contributed by atoms with E-state index in [-0.39, 0.29) is 5.91 Å². The summed E-state index contributed by atoms with van der Waals surface area (Å²) in [4.78, 5) is 12.4. The van der Waals surface area contributed by atoms with Crippen LogP contribution in [0, 0.1) is 3.57 Å². The predicted molar refractivity (Wildman–Crippen MR) is 86.7 cm³/mol. The molecule has 0 fully saturated rings. The van der Waals surface area contributed by atoms with Crippen molar-refractivity contribution in [3.63, 3.8) is 0 Å². The fraction of sp³-hybridized carbons (Fsp3) is 0.133. The van der Waals surface area contributed by atoms with Gasteiger partial charge in [0.2, 0.25) is 0 Å². The monoisotopic (exact) mass is 383 g/mol. The summed E-state index contributed by atoms with van der Waals surface area (Å²) < 4.78 is 11.5. The Morgan fingerprint density at radius 1 is 1.05 bits per heavy atom. The molecule has 2 aromatic rings. The molecule has 2 rings (SSSR count). The molecule has 0 aromatic heterocycles. The van der Waals surface area contributed by atoms with Gasteiger partial charge < -0.3 is 14.8 Å². The van der Waals surface area contributed by atoms with E-state index in [1.165, 1.54) is 14.2 Å². The molecule has 0 bridgehead atoms. The number of nitrogens with one attached hydrogen (secondary N) is 1. The third-order valence-electron chi connectivity index (χ3n) is 2.74. The van der Waals surface area contributed by atoms with Crippen molar-refractivity contribution in [1.82, 2.24) is 0 Å². The second-order valence-corrected chi connectivity index (χ2v) is 5.25. The van der Waals surface area contributed by atoms with Gasteiger partial charge in [-0.1, -0.05) is 12.1 Å². The third-order valence-corrected chi connectivity index (χ3v) is 3.41. The summed E-state index contributed by atoms with van der Waals surface area (Å²) in [6.45, 7) is 0. The minimum atomic E-state index is -0.263. The summed E-state index contributed by atoms with van der Waals surface area (Å²) in [6.07, 6.45) is 0. The molecule has 0 saturated carbocycles. The van der Waals surface area contributed by atoms with Crippen LogP contribution in [0.3, 0.4) is 0 Å². The second-order valence-electron chi connectivity index (χ2n) is 4.00. The number of hydrogen-bond acceptors (Lipinski definition) is 3. The predicted octanol–water partition coefficient (Wildman–Crippen LogP) is 3.56. The molecule has 1 amide bonds. The van der Waals surface area contributed by atoms with Gasteiger partial charge in [-0.25, -0.2) is 0 Å². The first-order valence-corrected chi connectivity index (χ1v) is 7.01. The molecule has 4 nitrogen and oxygen atoms in total. The number of rotatable bonds is 4. The van der Waals surface area contributed by atoms with Gasteiger partial charge in [-0.3, -0.25) is 4.79 Å². The van der Waals surface area contributed by atoms with Crippen LogP contribution in [-0.2, 0) is 0 Å². The number of carbonyl (C=O) groups excluding carboxylic acids is 1. The molecule has 0 heterocycles. The van der Waals surface area contributed by atoms with E-state index >= 15 is 0 Å². The zero-order valence-corrected chi connectivity index (χ0v) is 13.3. The fourth-order valence-corrected chi connectivity index (χ4v) is 2.38.